The number of rotatable bonds is 9. The van der Waals surface area contributed by atoms with Crippen LogP contribution in [0.1, 0.15) is 13.3 Å². The average Bonchev–Trinajstić information content (AvgIpc) is 2.51. The van der Waals surface area contributed by atoms with E-state index in [1.807, 2.05) is 6.26 Å². The lowest BCUT2D eigenvalue weighted by Gasteiger charge is -2.18. The molecule has 0 aromatic carbocycles. The first-order valence-electron chi connectivity index (χ1n) is 6.74. The van der Waals surface area contributed by atoms with Gasteiger partial charge in [-0.1, -0.05) is 0 Å². The number of nitro groups is 1. The molecule has 0 aliphatic heterocycles. The van der Waals surface area contributed by atoms with Gasteiger partial charge in [-0.05, 0) is 31.4 Å². The first-order chi connectivity index (χ1) is 10.8. The van der Waals surface area contributed by atoms with Crippen molar-refractivity contribution in [1.82, 2.24) is 10.3 Å². The van der Waals surface area contributed by atoms with Crippen molar-refractivity contribution >= 4 is 35.1 Å². The van der Waals surface area contributed by atoms with Gasteiger partial charge in [-0.15, -0.1) is 0 Å². The number of aromatic nitrogens is 1. The third-order valence-electron chi connectivity index (χ3n) is 2.94. The lowest BCUT2D eigenvalue weighted by atomic mass is 10.2. The van der Waals surface area contributed by atoms with Gasteiger partial charge >= 0.3 is 5.97 Å². The first-order valence-corrected chi connectivity index (χ1v) is 8.13. The summed E-state index contributed by atoms with van der Waals surface area (Å²) in [4.78, 5) is 36.9. The van der Waals surface area contributed by atoms with Gasteiger partial charge in [0.15, 0.2) is 0 Å². The third-order valence-corrected chi connectivity index (χ3v) is 3.59. The summed E-state index contributed by atoms with van der Waals surface area (Å²) in [5.74, 6) is -0.677. The summed E-state index contributed by atoms with van der Waals surface area (Å²) in [6.45, 7) is 1.55. The van der Waals surface area contributed by atoms with Crippen molar-refractivity contribution in [1.29, 1.82) is 0 Å². The minimum Gasteiger partial charge on any atom is -0.480 e. The smallest absolute Gasteiger partial charge is 0.326 e. The number of nitrogens with one attached hydrogen (secondary N) is 2. The highest BCUT2D eigenvalue weighted by molar-refractivity contribution is 7.98. The molecule has 1 rings (SSSR count). The number of nitrogens with zero attached hydrogens (tertiary/aromatic N) is 2. The van der Waals surface area contributed by atoms with Crippen molar-refractivity contribution in [2.24, 2.45) is 0 Å². The number of carboxylic acid groups (broad SMARTS) is 1. The summed E-state index contributed by atoms with van der Waals surface area (Å²) in [6.07, 6.45) is 3.25. The van der Waals surface area contributed by atoms with Crippen molar-refractivity contribution in [3.05, 3.63) is 28.4 Å². The van der Waals surface area contributed by atoms with Gasteiger partial charge in [-0.3, -0.25) is 14.9 Å². The number of hydrogen-bond donors (Lipinski definition) is 3. The van der Waals surface area contributed by atoms with Crippen molar-refractivity contribution in [2.75, 3.05) is 17.3 Å². The molecule has 126 valence electrons. The van der Waals surface area contributed by atoms with Crippen molar-refractivity contribution < 1.29 is 19.6 Å². The highest BCUT2D eigenvalue weighted by Crippen LogP contribution is 2.12. The third kappa shape index (κ3) is 6.10. The molecule has 23 heavy (non-hydrogen) atoms. The van der Waals surface area contributed by atoms with E-state index in [4.69, 9.17) is 5.11 Å². The quantitative estimate of drug-likeness (QED) is 0.449. The van der Waals surface area contributed by atoms with Gasteiger partial charge in [-0.2, -0.15) is 11.8 Å². The van der Waals surface area contributed by atoms with E-state index >= 15 is 0 Å². The Morgan fingerprint density at radius 2 is 2.17 bits per heavy atom. The fourth-order valence-electron chi connectivity index (χ4n) is 1.66. The predicted molar refractivity (Wildman–Crippen MR) is 86.5 cm³/mol. The Labute approximate surface area is 137 Å². The summed E-state index contributed by atoms with van der Waals surface area (Å²) in [5, 5.41) is 24.8. The maximum absolute atomic E-state index is 12.0. The normalized spacial score (nSPS) is 13.0. The van der Waals surface area contributed by atoms with Gasteiger partial charge in [0, 0.05) is 6.07 Å². The van der Waals surface area contributed by atoms with Crippen LogP contribution in [0.15, 0.2) is 18.3 Å². The molecule has 1 heterocycles. The molecule has 10 heteroatoms. The summed E-state index contributed by atoms with van der Waals surface area (Å²) < 4.78 is 0. The summed E-state index contributed by atoms with van der Waals surface area (Å²) in [6, 6.07) is 0.951. The van der Waals surface area contributed by atoms with E-state index in [9.17, 15) is 19.7 Å². The standard InChI is InChI=1S/C13H18N4O5S/c1-8(12(18)16-10(13(19)20)5-6-23-2)15-11-4-3-9(7-14-11)17(21)22/h3-4,7-8,10H,5-6H2,1-2H3,(H,14,15)(H,16,18)(H,19,20). The number of anilines is 1. The maximum atomic E-state index is 12.0. The summed E-state index contributed by atoms with van der Waals surface area (Å²) >= 11 is 1.49. The molecular formula is C13H18N4O5S. The second-order valence-corrected chi connectivity index (χ2v) is 5.69. The zero-order chi connectivity index (χ0) is 17.4. The molecular weight excluding hydrogens is 324 g/mol. The summed E-state index contributed by atoms with van der Waals surface area (Å²) in [7, 11) is 0. The Morgan fingerprint density at radius 1 is 1.48 bits per heavy atom. The van der Waals surface area contributed by atoms with Gasteiger partial charge in [0.1, 0.15) is 24.1 Å². The number of carbonyl (C=O) groups excluding carboxylic acids is 1. The van der Waals surface area contributed by atoms with Crippen LogP contribution in [0.4, 0.5) is 11.5 Å². The molecule has 9 nitrogen and oxygen atoms in total. The molecule has 0 fully saturated rings. The maximum Gasteiger partial charge on any atom is 0.326 e. The molecule has 2 unspecified atom stereocenters. The van der Waals surface area contributed by atoms with Gasteiger partial charge in [-0.25, -0.2) is 9.78 Å². The second-order valence-electron chi connectivity index (χ2n) is 4.71. The van der Waals surface area contributed by atoms with Crippen molar-refractivity contribution in [3.63, 3.8) is 0 Å². The Hall–Kier alpha value is -2.36. The zero-order valence-electron chi connectivity index (χ0n) is 12.7. The molecule has 1 aromatic rings. The van der Waals surface area contributed by atoms with Gasteiger partial charge in [0.25, 0.3) is 5.69 Å². The van der Waals surface area contributed by atoms with Crippen molar-refractivity contribution in [2.45, 2.75) is 25.4 Å². The Morgan fingerprint density at radius 3 is 2.65 bits per heavy atom. The number of hydrogen-bond acceptors (Lipinski definition) is 7. The minimum absolute atomic E-state index is 0.157. The van der Waals surface area contributed by atoms with E-state index in [0.717, 1.165) is 6.20 Å². The van der Waals surface area contributed by atoms with Gasteiger partial charge in [0.05, 0.1) is 4.92 Å². The Bertz CT molecular complexity index is 566. The molecule has 0 aliphatic rings. The van der Waals surface area contributed by atoms with E-state index in [2.05, 4.69) is 15.6 Å². The van der Waals surface area contributed by atoms with Crippen LogP contribution in [-0.2, 0) is 9.59 Å². The SMILES string of the molecule is CSCCC(NC(=O)C(C)Nc1ccc([N+](=O)[O-])cn1)C(=O)O. The zero-order valence-corrected chi connectivity index (χ0v) is 13.5. The molecule has 3 N–H and O–H groups in total. The molecule has 0 spiro atoms. The van der Waals surface area contributed by atoms with Crippen molar-refractivity contribution in [3.8, 4) is 0 Å². The molecule has 1 aromatic heterocycles. The largest absolute Gasteiger partial charge is 0.480 e. The topological polar surface area (TPSA) is 134 Å². The van der Waals surface area contributed by atoms with Gasteiger partial charge < -0.3 is 15.7 Å². The van der Waals surface area contributed by atoms with E-state index in [-0.39, 0.29) is 11.5 Å². The second kappa shape index (κ2) is 8.93. The number of carboxylic acids is 1. The summed E-state index contributed by atoms with van der Waals surface area (Å²) in [5.41, 5.74) is -0.157. The van der Waals surface area contributed by atoms with Crippen LogP contribution in [-0.4, -0.2) is 51.0 Å². The molecule has 0 saturated heterocycles. The lowest BCUT2D eigenvalue weighted by Crippen LogP contribution is -2.47. The van der Waals surface area contributed by atoms with E-state index < -0.39 is 28.9 Å². The van der Waals surface area contributed by atoms with Gasteiger partial charge in [0.2, 0.25) is 5.91 Å². The highest BCUT2D eigenvalue weighted by atomic mass is 32.2. The molecule has 0 radical (unpaired) electrons. The minimum atomic E-state index is -1.09. The Kier molecular flexibility index (Phi) is 7.26. The Balaban J connectivity index is 2.61. The van der Waals surface area contributed by atoms with Crippen LogP contribution in [0.25, 0.3) is 0 Å². The fourth-order valence-corrected chi connectivity index (χ4v) is 2.13. The van der Waals surface area contributed by atoms with Crippen LogP contribution in [0.2, 0.25) is 0 Å². The molecule has 0 aliphatic carbocycles. The van der Waals surface area contributed by atoms with E-state index in [0.29, 0.717) is 12.2 Å². The number of aliphatic carboxylic acids is 1. The molecule has 0 saturated carbocycles. The lowest BCUT2D eigenvalue weighted by molar-refractivity contribution is -0.385. The average molecular weight is 342 g/mol. The van der Waals surface area contributed by atoms with E-state index in [1.165, 1.54) is 23.9 Å². The molecule has 2 atom stereocenters. The number of carbonyl (C=O) groups is 2. The monoisotopic (exact) mass is 342 g/mol. The fraction of sp³-hybridized carbons (Fsp3) is 0.462. The van der Waals surface area contributed by atoms with Crippen LogP contribution in [0.5, 0.6) is 0 Å². The van der Waals surface area contributed by atoms with E-state index in [1.54, 1.807) is 6.92 Å². The first kappa shape index (κ1) is 18.7. The van der Waals surface area contributed by atoms with Crippen LogP contribution < -0.4 is 10.6 Å². The predicted octanol–water partition coefficient (Wildman–Crippen LogP) is 1.11. The molecule has 1 amide bonds. The number of pyridine rings is 1. The van der Waals surface area contributed by atoms with Crippen LogP contribution in [0.3, 0.4) is 0 Å². The number of thioether (sulfide) groups is 1. The highest BCUT2D eigenvalue weighted by Gasteiger charge is 2.22. The molecule has 0 bridgehead atoms. The van der Waals surface area contributed by atoms with Crippen LogP contribution >= 0.6 is 11.8 Å². The number of amides is 1. The van der Waals surface area contributed by atoms with Crippen LogP contribution in [0, 0.1) is 10.1 Å².